The molecule has 0 fully saturated rings. The fourth-order valence-electron chi connectivity index (χ4n) is 1.20. The van der Waals surface area contributed by atoms with E-state index in [0.29, 0.717) is 11.4 Å². The first-order valence-corrected chi connectivity index (χ1v) is 5.00. The highest BCUT2D eigenvalue weighted by molar-refractivity contribution is 5.48. The lowest BCUT2D eigenvalue weighted by Gasteiger charge is -2.04. The Bertz CT molecular complexity index is 353. The van der Waals surface area contributed by atoms with Gasteiger partial charge in [0.25, 0.3) is 5.69 Å². The summed E-state index contributed by atoms with van der Waals surface area (Å²) in [7, 11) is 0. The van der Waals surface area contributed by atoms with Crippen LogP contribution >= 0.6 is 0 Å². The number of aromatic nitrogens is 1. The van der Waals surface area contributed by atoms with E-state index in [1.807, 2.05) is 0 Å². The molecule has 0 radical (unpaired) electrons. The summed E-state index contributed by atoms with van der Waals surface area (Å²) in [6, 6.07) is 1.48. The largest absolute Gasteiger partial charge is 0.370 e. The number of nitrogens with one attached hydrogen (secondary N) is 1. The van der Waals surface area contributed by atoms with E-state index in [9.17, 15) is 10.1 Å². The Balaban J connectivity index is 2.74. The molecule has 1 heterocycles. The fraction of sp³-hybridized carbons (Fsp3) is 0.500. The molecular formula is C10H15N3O2. The Hall–Kier alpha value is -1.65. The molecular weight excluding hydrogens is 194 g/mol. The standard InChI is InChI=1S/C10H15N3O2/c1-3-4-5-11-10-6-9(13(14)15)8(2)7-12-10/h6-7H,3-5H2,1-2H3,(H,11,12). The first-order chi connectivity index (χ1) is 7.15. The van der Waals surface area contributed by atoms with Gasteiger partial charge in [0.1, 0.15) is 5.82 Å². The molecule has 0 aliphatic carbocycles. The van der Waals surface area contributed by atoms with Gasteiger partial charge in [0.2, 0.25) is 0 Å². The zero-order valence-electron chi connectivity index (χ0n) is 8.99. The molecule has 0 aromatic carbocycles. The van der Waals surface area contributed by atoms with E-state index in [-0.39, 0.29) is 10.6 Å². The Labute approximate surface area is 88.7 Å². The molecule has 0 saturated carbocycles. The molecule has 1 aromatic heterocycles. The summed E-state index contributed by atoms with van der Waals surface area (Å²) in [6.45, 7) is 4.57. The normalized spacial score (nSPS) is 10.0. The van der Waals surface area contributed by atoms with Crippen LogP contribution in [-0.4, -0.2) is 16.5 Å². The molecule has 0 amide bonds. The molecule has 0 unspecified atom stereocenters. The highest BCUT2D eigenvalue weighted by Gasteiger charge is 2.11. The van der Waals surface area contributed by atoms with Crippen molar-refractivity contribution in [2.75, 3.05) is 11.9 Å². The molecule has 1 aromatic rings. The zero-order chi connectivity index (χ0) is 11.3. The van der Waals surface area contributed by atoms with E-state index in [2.05, 4.69) is 17.2 Å². The Morgan fingerprint density at radius 1 is 1.60 bits per heavy atom. The molecule has 5 heteroatoms. The summed E-state index contributed by atoms with van der Waals surface area (Å²) in [5.74, 6) is 0.570. The van der Waals surface area contributed by atoms with E-state index < -0.39 is 0 Å². The Kier molecular flexibility index (Phi) is 4.03. The predicted octanol–water partition coefficient (Wildman–Crippen LogP) is 2.51. The number of hydrogen-bond acceptors (Lipinski definition) is 4. The third-order valence-electron chi connectivity index (χ3n) is 2.11. The molecule has 0 aliphatic heterocycles. The van der Waals surface area contributed by atoms with Crippen LogP contribution in [0.15, 0.2) is 12.3 Å². The van der Waals surface area contributed by atoms with Gasteiger partial charge in [-0.15, -0.1) is 0 Å². The average Bonchev–Trinajstić information content (AvgIpc) is 2.20. The lowest BCUT2D eigenvalue weighted by atomic mass is 10.2. The summed E-state index contributed by atoms with van der Waals surface area (Å²) in [4.78, 5) is 14.3. The number of hydrogen-bond donors (Lipinski definition) is 1. The zero-order valence-corrected chi connectivity index (χ0v) is 8.99. The van der Waals surface area contributed by atoms with Crippen molar-refractivity contribution in [3.8, 4) is 0 Å². The lowest BCUT2D eigenvalue weighted by Crippen LogP contribution is -2.04. The van der Waals surface area contributed by atoms with Crippen molar-refractivity contribution in [2.24, 2.45) is 0 Å². The minimum absolute atomic E-state index is 0.115. The molecule has 0 saturated heterocycles. The molecule has 0 aliphatic rings. The lowest BCUT2D eigenvalue weighted by molar-refractivity contribution is -0.385. The van der Waals surface area contributed by atoms with Gasteiger partial charge in [-0.05, 0) is 13.3 Å². The maximum Gasteiger partial charge on any atom is 0.277 e. The van der Waals surface area contributed by atoms with Crippen molar-refractivity contribution in [2.45, 2.75) is 26.7 Å². The van der Waals surface area contributed by atoms with E-state index in [4.69, 9.17) is 0 Å². The van der Waals surface area contributed by atoms with Gasteiger partial charge in [-0.25, -0.2) is 4.98 Å². The smallest absolute Gasteiger partial charge is 0.277 e. The van der Waals surface area contributed by atoms with Gasteiger partial charge >= 0.3 is 0 Å². The topological polar surface area (TPSA) is 68.1 Å². The van der Waals surface area contributed by atoms with Gasteiger partial charge in [0.15, 0.2) is 0 Å². The quantitative estimate of drug-likeness (QED) is 0.459. The average molecular weight is 209 g/mol. The second kappa shape index (κ2) is 5.29. The second-order valence-corrected chi connectivity index (χ2v) is 3.39. The van der Waals surface area contributed by atoms with Crippen molar-refractivity contribution >= 4 is 11.5 Å². The van der Waals surface area contributed by atoms with E-state index >= 15 is 0 Å². The van der Waals surface area contributed by atoms with Crippen LogP contribution < -0.4 is 5.32 Å². The van der Waals surface area contributed by atoms with Crippen molar-refractivity contribution in [1.29, 1.82) is 0 Å². The number of aryl methyl sites for hydroxylation is 1. The molecule has 1 N–H and O–H groups in total. The summed E-state index contributed by atoms with van der Waals surface area (Å²) in [6.07, 6.45) is 3.64. The van der Waals surface area contributed by atoms with Crippen molar-refractivity contribution in [3.63, 3.8) is 0 Å². The summed E-state index contributed by atoms with van der Waals surface area (Å²) >= 11 is 0. The van der Waals surface area contributed by atoms with Gasteiger partial charge < -0.3 is 5.32 Å². The highest BCUT2D eigenvalue weighted by atomic mass is 16.6. The first kappa shape index (κ1) is 11.4. The number of nitrogens with zero attached hydrogens (tertiary/aromatic N) is 2. The second-order valence-electron chi connectivity index (χ2n) is 3.39. The first-order valence-electron chi connectivity index (χ1n) is 5.00. The number of unbranched alkanes of at least 4 members (excludes halogenated alkanes) is 1. The minimum Gasteiger partial charge on any atom is -0.370 e. The van der Waals surface area contributed by atoms with Crippen LogP contribution in [0.5, 0.6) is 0 Å². The number of anilines is 1. The van der Waals surface area contributed by atoms with Crippen molar-refractivity contribution in [3.05, 3.63) is 27.9 Å². The van der Waals surface area contributed by atoms with Crippen LogP contribution in [-0.2, 0) is 0 Å². The Morgan fingerprint density at radius 3 is 2.93 bits per heavy atom. The molecule has 15 heavy (non-hydrogen) atoms. The maximum atomic E-state index is 10.7. The van der Waals surface area contributed by atoms with E-state index in [0.717, 1.165) is 19.4 Å². The van der Waals surface area contributed by atoms with E-state index in [1.54, 1.807) is 6.92 Å². The molecule has 0 spiro atoms. The SMILES string of the molecule is CCCCNc1cc([N+](=O)[O-])c(C)cn1. The monoisotopic (exact) mass is 209 g/mol. The van der Waals surface area contributed by atoms with Crippen LogP contribution in [0.3, 0.4) is 0 Å². The van der Waals surface area contributed by atoms with Gasteiger partial charge in [-0.2, -0.15) is 0 Å². The van der Waals surface area contributed by atoms with E-state index in [1.165, 1.54) is 12.3 Å². The summed E-state index contributed by atoms with van der Waals surface area (Å²) < 4.78 is 0. The Morgan fingerprint density at radius 2 is 2.33 bits per heavy atom. The number of rotatable bonds is 5. The molecule has 82 valence electrons. The van der Waals surface area contributed by atoms with Crippen molar-refractivity contribution < 1.29 is 4.92 Å². The van der Waals surface area contributed by atoms with Gasteiger partial charge in [0, 0.05) is 18.3 Å². The molecule has 1 rings (SSSR count). The number of pyridine rings is 1. The predicted molar refractivity (Wildman–Crippen MR) is 59.0 cm³/mol. The number of nitro groups is 1. The highest BCUT2D eigenvalue weighted by Crippen LogP contribution is 2.19. The van der Waals surface area contributed by atoms with Gasteiger partial charge in [0.05, 0.1) is 11.0 Å². The van der Waals surface area contributed by atoms with Crippen LogP contribution in [0.1, 0.15) is 25.3 Å². The molecule has 5 nitrogen and oxygen atoms in total. The third-order valence-corrected chi connectivity index (χ3v) is 2.11. The maximum absolute atomic E-state index is 10.7. The van der Waals surface area contributed by atoms with Crippen LogP contribution in [0.25, 0.3) is 0 Å². The molecule has 0 bridgehead atoms. The minimum atomic E-state index is -0.387. The summed E-state index contributed by atoms with van der Waals surface area (Å²) in [5.41, 5.74) is 0.699. The fourth-order valence-corrected chi connectivity index (χ4v) is 1.20. The summed E-state index contributed by atoms with van der Waals surface area (Å²) in [5, 5.41) is 13.7. The van der Waals surface area contributed by atoms with Crippen LogP contribution in [0.4, 0.5) is 11.5 Å². The molecule has 0 atom stereocenters. The van der Waals surface area contributed by atoms with Gasteiger partial charge in [-0.3, -0.25) is 10.1 Å². The van der Waals surface area contributed by atoms with Crippen molar-refractivity contribution in [1.82, 2.24) is 4.98 Å². The van der Waals surface area contributed by atoms with Crippen LogP contribution in [0.2, 0.25) is 0 Å². The third kappa shape index (κ3) is 3.19. The van der Waals surface area contributed by atoms with Crippen LogP contribution in [0, 0.1) is 17.0 Å². The van der Waals surface area contributed by atoms with Gasteiger partial charge in [-0.1, -0.05) is 13.3 Å².